The molecule has 2 aromatic carbocycles. The highest BCUT2D eigenvalue weighted by Gasteiger charge is 2.38. The van der Waals surface area contributed by atoms with Gasteiger partial charge in [0.15, 0.2) is 0 Å². The van der Waals surface area contributed by atoms with Gasteiger partial charge in [-0.1, -0.05) is 24.3 Å². The van der Waals surface area contributed by atoms with Crippen molar-refractivity contribution in [2.24, 2.45) is 0 Å². The average molecular weight is 264 g/mol. The Morgan fingerprint density at radius 3 is 1.40 bits per heavy atom. The zero-order chi connectivity index (χ0) is 13.7. The Bertz CT molecular complexity index is 734. The first-order valence-corrected chi connectivity index (χ1v) is 6.13. The number of Topliss-reactive ketones (excluding diaryl/α,β-unsaturated/α-hetero) is 2. The van der Waals surface area contributed by atoms with Crippen LogP contribution >= 0.6 is 0 Å². The minimum Gasteiger partial charge on any atom is -0.448 e. The van der Waals surface area contributed by atoms with E-state index < -0.39 is 0 Å². The number of ether oxygens (including phenoxy) is 2. The van der Waals surface area contributed by atoms with E-state index in [1.807, 2.05) is 0 Å². The van der Waals surface area contributed by atoms with Gasteiger partial charge in [-0.15, -0.1) is 0 Å². The van der Waals surface area contributed by atoms with Gasteiger partial charge in [0, 0.05) is 0 Å². The molecule has 0 aliphatic carbocycles. The summed E-state index contributed by atoms with van der Waals surface area (Å²) in [6, 6.07) is 13.7. The summed E-state index contributed by atoms with van der Waals surface area (Å²) in [7, 11) is 0. The van der Waals surface area contributed by atoms with Crippen molar-refractivity contribution in [2.45, 2.75) is 0 Å². The van der Waals surface area contributed by atoms with Crippen LogP contribution in [0.5, 0.6) is 11.5 Å². The van der Waals surface area contributed by atoms with Crippen molar-refractivity contribution in [1.29, 1.82) is 0 Å². The van der Waals surface area contributed by atoms with E-state index in [9.17, 15) is 9.59 Å². The molecule has 20 heavy (non-hydrogen) atoms. The Labute approximate surface area is 114 Å². The van der Waals surface area contributed by atoms with E-state index in [1.165, 1.54) is 0 Å². The van der Waals surface area contributed by atoms with Crippen LogP contribution < -0.4 is 9.47 Å². The second-order valence-corrected chi connectivity index (χ2v) is 4.51. The average Bonchev–Trinajstić information content (AvgIpc) is 2.98. The van der Waals surface area contributed by atoms with Gasteiger partial charge in [-0.3, -0.25) is 9.59 Å². The molecule has 96 valence electrons. The molecule has 0 saturated carbocycles. The lowest BCUT2D eigenvalue weighted by molar-refractivity contribution is 0.0960. The summed E-state index contributed by atoms with van der Waals surface area (Å²) in [5.74, 6) is 0.188. The van der Waals surface area contributed by atoms with E-state index in [0.717, 1.165) is 0 Å². The van der Waals surface area contributed by atoms with Gasteiger partial charge in [-0.05, 0) is 24.3 Å². The molecule has 2 aromatic rings. The van der Waals surface area contributed by atoms with Crippen LogP contribution in [-0.4, -0.2) is 11.6 Å². The van der Waals surface area contributed by atoms with Crippen LogP contribution in [0.3, 0.4) is 0 Å². The number of fused-ring (bicyclic) bond motifs is 2. The Hall–Kier alpha value is -2.88. The number of ketones is 2. The zero-order valence-corrected chi connectivity index (χ0v) is 10.3. The summed E-state index contributed by atoms with van der Waals surface area (Å²) in [5.41, 5.74) is 0.893. The number of carbonyl (C=O) groups is 2. The van der Waals surface area contributed by atoms with Gasteiger partial charge in [-0.2, -0.15) is 0 Å². The van der Waals surface area contributed by atoms with Gasteiger partial charge in [0.1, 0.15) is 11.5 Å². The SMILES string of the molecule is O=C1C(=C2Oc3ccccc3C2=O)Oc2ccccc21. The molecule has 0 radical (unpaired) electrons. The standard InChI is InChI=1S/C16H8O4/c17-13-9-5-1-3-7-11(9)19-15(13)16-14(18)10-6-2-4-8-12(10)20-16/h1-8H. The highest BCUT2D eigenvalue weighted by molar-refractivity contribution is 6.20. The van der Waals surface area contributed by atoms with Crippen LogP contribution in [0.15, 0.2) is 60.0 Å². The lowest BCUT2D eigenvalue weighted by atomic mass is 10.1. The molecule has 0 saturated heterocycles. The minimum atomic E-state index is -0.322. The fraction of sp³-hybridized carbons (Fsp3) is 0. The molecule has 4 heteroatoms. The number of benzene rings is 2. The van der Waals surface area contributed by atoms with Gasteiger partial charge >= 0.3 is 0 Å². The highest BCUT2D eigenvalue weighted by Crippen LogP contribution is 2.37. The van der Waals surface area contributed by atoms with Gasteiger partial charge < -0.3 is 9.47 Å². The van der Waals surface area contributed by atoms with E-state index >= 15 is 0 Å². The van der Waals surface area contributed by atoms with Gasteiger partial charge in [0.25, 0.3) is 0 Å². The van der Waals surface area contributed by atoms with Crippen LogP contribution in [-0.2, 0) is 0 Å². The lowest BCUT2D eigenvalue weighted by Gasteiger charge is -2.01. The summed E-state index contributed by atoms with van der Waals surface area (Å²) in [6.07, 6.45) is 0. The van der Waals surface area contributed by atoms with Crippen molar-refractivity contribution >= 4 is 11.6 Å². The molecule has 0 aromatic heterocycles. The second kappa shape index (κ2) is 3.81. The van der Waals surface area contributed by atoms with Crippen molar-refractivity contribution in [2.75, 3.05) is 0 Å². The molecule has 0 fully saturated rings. The molecule has 0 spiro atoms. The number of rotatable bonds is 0. The van der Waals surface area contributed by atoms with E-state index in [0.29, 0.717) is 22.6 Å². The van der Waals surface area contributed by atoms with Crippen molar-refractivity contribution < 1.29 is 19.1 Å². The molecule has 0 N–H and O–H groups in total. The molecule has 4 rings (SSSR count). The number of para-hydroxylation sites is 2. The Morgan fingerprint density at radius 1 is 0.600 bits per heavy atom. The number of hydrogen-bond donors (Lipinski definition) is 0. The highest BCUT2D eigenvalue weighted by atomic mass is 16.5. The number of hydrogen-bond acceptors (Lipinski definition) is 4. The molecule has 2 heterocycles. The summed E-state index contributed by atoms with van der Waals surface area (Å²) in [5, 5.41) is 0. The van der Waals surface area contributed by atoms with E-state index in [1.54, 1.807) is 48.5 Å². The number of carbonyl (C=O) groups excluding carboxylic acids is 2. The van der Waals surface area contributed by atoms with Crippen molar-refractivity contribution in [3.63, 3.8) is 0 Å². The van der Waals surface area contributed by atoms with Gasteiger partial charge in [0.05, 0.1) is 11.1 Å². The maximum absolute atomic E-state index is 12.3. The van der Waals surface area contributed by atoms with E-state index in [2.05, 4.69) is 0 Å². The van der Waals surface area contributed by atoms with Crippen LogP contribution in [0.1, 0.15) is 20.7 Å². The molecule has 2 aliphatic heterocycles. The first kappa shape index (κ1) is 11.0. The fourth-order valence-electron chi connectivity index (χ4n) is 2.34. The largest absolute Gasteiger partial charge is 0.448 e. The van der Waals surface area contributed by atoms with Crippen molar-refractivity contribution in [1.82, 2.24) is 0 Å². The van der Waals surface area contributed by atoms with E-state index in [-0.39, 0.29) is 23.1 Å². The second-order valence-electron chi connectivity index (χ2n) is 4.51. The first-order valence-electron chi connectivity index (χ1n) is 6.13. The third-order valence-corrected chi connectivity index (χ3v) is 3.31. The number of allylic oxidation sites excluding steroid dienone is 2. The monoisotopic (exact) mass is 264 g/mol. The maximum Gasteiger partial charge on any atom is 0.236 e. The van der Waals surface area contributed by atoms with Crippen LogP contribution in [0.2, 0.25) is 0 Å². The molecule has 0 atom stereocenters. The maximum atomic E-state index is 12.3. The minimum absolute atomic E-state index is 0.0348. The van der Waals surface area contributed by atoms with Crippen LogP contribution in [0.4, 0.5) is 0 Å². The lowest BCUT2D eigenvalue weighted by Crippen LogP contribution is -2.10. The summed E-state index contributed by atoms with van der Waals surface area (Å²) >= 11 is 0. The smallest absolute Gasteiger partial charge is 0.236 e. The summed E-state index contributed by atoms with van der Waals surface area (Å²) in [4.78, 5) is 24.5. The van der Waals surface area contributed by atoms with Crippen LogP contribution in [0.25, 0.3) is 0 Å². The summed E-state index contributed by atoms with van der Waals surface area (Å²) < 4.78 is 11.0. The topological polar surface area (TPSA) is 52.6 Å². The fourth-order valence-corrected chi connectivity index (χ4v) is 2.34. The summed E-state index contributed by atoms with van der Waals surface area (Å²) in [6.45, 7) is 0. The normalized spacial score (nSPS) is 19.4. The van der Waals surface area contributed by atoms with Crippen molar-refractivity contribution in [3.8, 4) is 11.5 Å². The molecule has 2 aliphatic rings. The Kier molecular flexibility index (Phi) is 2.09. The quantitative estimate of drug-likeness (QED) is 0.686. The third kappa shape index (κ3) is 1.36. The predicted octanol–water partition coefficient (Wildman–Crippen LogP) is 2.75. The molecule has 0 amide bonds. The van der Waals surface area contributed by atoms with Crippen molar-refractivity contribution in [3.05, 3.63) is 71.2 Å². The van der Waals surface area contributed by atoms with E-state index in [4.69, 9.17) is 9.47 Å². The zero-order valence-electron chi connectivity index (χ0n) is 10.3. The third-order valence-electron chi connectivity index (χ3n) is 3.31. The molecular formula is C16H8O4. The molecule has 0 bridgehead atoms. The first-order chi connectivity index (χ1) is 9.75. The Morgan fingerprint density at radius 2 is 1.00 bits per heavy atom. The van der Waals surface area contributed by atoms with Crippen LogP contribution in [0, 0.1) is 0 Å². The Balaban J connectivity index is 1.85. The molecule has 0 unspecified atom stereocenters. The molecular weight excluding hydrogens is 256 g/mol. The predicted molar refractivity (Wildman–Crippen MR) is 69.8 cm³/mol. The van der Waals surface area contributed by atoms with Gasteiger partial charge in [0.2, 0.25) is 23.1 Å². The van der Waals surface area contributed by atoms with Gasteiger partial charge in [-0.25, -0.2) is 0 Å². The molecule has 4 nitrogen and oxygen atoms in total.